The standard InChI is InChI=1S/C19H27N3O/c23-19(8-7-15-6-3-9-20-10-15)22-13-17-12-21(18(17)14-22)11-16-4-1-2-5-16/h3,6,9-10,16-18H,1-2,4-5,7-8,11-14H2. The van der Waals surface area contributed by atoms with Crippen LogP contribution in [-0.2, 0) is 11.2 Å². The Morgan fingerprint density at radius 1 is 1.22 bits per heavy atom. The maximum Gasteiger partial charge on any atom is 0.222 e. The van der Waals surface area contributed by atoms with E-state index in [2.05, 4.69) is 20.9 Å². The summed E-state index contributed by atoms with van der Waals surface area (Å²) in [6.45, 7) is 4.44. The van der Waals surface area contributed by atoms with Gasteiger partial charge >= 0.3 is 0 Å². The summed E-state index contributed by atoms with van der Waals surface area (Å²) in [4.78, 5) is 21.4. The number of hydrogen-bond donors (Lipinski definition) is 0. The lowest BCUT2D eigenvalue weighted by atomic mass is 9.90. The van der Waals surface area contributed by atoms with E-state index in [4.69, 9.17) is 0 Å². The Morgan fingerprint density at radius 2 is 2.09 bits per heavy atom. The molecule has 3 aliphatic rings. The number of amides is 1. The molecule has 4 nitrogen and oxygen atoms in total. The number of pyridine rings is 1. The fourth-order valence-electron chi connectivity index (χ4n) is 4.64. The van der Waals surface area contributed by atoms with Crippen molar-refractivity contribution in [2.75, 3.05) is 26.2 Å². The first-order valence-corrected chi connectivity index (χ1v) is 9.20. The van der Waals surface area contributed by atoms with E-state index >= 15 is 0 Å². The monoisotopic (exact) mass is 313 g/mol. The highest BCUT2D eigenvalue weighted by Gasteiger charge is 2.46. The maximum absolute atomic E-state index is 12.5. The lowest BCUT2D eigenvalue weighted by molar-refractivity contribution is -0.130. The van der Waals surface area contributed by atoms with Crippen LogP contribution in [0.1, 0.15) is 37.7 Å². The first kappa shape index (κ1) is 15.1. The van der Waals surface area contributed by atoms with Crippen molar-refractivity contribution in [2.45, 2.75) is 44.6 Å². The van der Waals surface area contributed by atoms with Crippen molar-refractivity contribution in [3.63, 3.8) is 0 Å². The van der Waals surface area contributed by atoms with Crippen LogP contribution in [0.4, 0.5) is 0 Å². The highest BCUT2D eigenvalue weighted by molar-refractivity contribution is 5.77. The van der Waals surface area contributed by atoms with Gasteiger partial charge in [-0.25, -0.2) is 0 Å². The SMILES string of the molecule is O=C(CCc1cccnc1)N1CC2CN(CC3CCCC3)C2C1. The molecule has 2 atom stereocenters. The molecule has 23 heavy (non-hydrogen) atoms. The Kier molecular flexibility index (Phi) is 4.34. The van der Waals surface area contributed by atoms with Crippen LogP contribution in [0.2, 0.25) is 0 Å². The third-order valence-corrected chi connectivity index (χ3v) is 6.02. The first-order chi connectivity index (χ1) is 11.3. The molecule has 1 saturated carbocycles. The lowest BCUT2D eigenvalue weighted by Crippen LogP contribution is -2.56. The van der Waals surface area contributed by atoms with Gasteiger partial charge in [-0.2, -0.15) is 0 Å². The molecule has 0 spiro atoms. The molecule has 0 N–H and O–H groups in total. The second-order valence-electron chi connectivity index (χ2n) is 7.59. The van der Waals surface area contributed by atoms with Crippen LogP contribution in [0.5, 0.6) is 0 Å². The van der Waals surface area contributed by atoms with Gasteiger partial charge in [0.15, 0.2) is 0 Å². The third-order valence-electron chi connectivity index (χ3n) is 6.02. The molecule has 4 rings (SSSR count). The molecule has 2 unspecified atom stereocenters. The van der Waals surface area contributed by atoms with E-state index in [1.165, 1.54) is 38.8 Å². The van der Waals surface area contributed by atoms with E-state index in [0.717, 1.165) is 36.9 Å². The number of nitrogens with zero attached hydrogens (tertiary/aromatic N) is 3. The average Bonchev–Trinajstić information content (AvgIpc) is 3.19. The summed E-state index contributed by atoms with van der Waals surface area (Å²) in [6, 6.07) is 4.65. The number of carbonyl (C=O) groups excluding carboxylic acids is 1. The van der Waals surface area contributed by atoms with Gasteiger partial charge in [0.25, 0.3) is 0 Å². The van der Waals surface area contributed by atoms with Gasteiger partial charge in [-0.3, -0.25) is 14.7 Å². The quantitative estimate of drug-likeness (QED) is 0.837. The number of likely N-dealkylation sites (tertiary alicyclic amines) is 2. The van der Waals surface area contributed by atoms with Crippen molar-refractivity contribution in [1.82, 2.24) is 14.8 Å². The molecule has 0 bridgehead atoms. The van der Waals surface area contributed by atoms with E-state index in [9.17, 15) is 4.79 Å². The second kappa shape index (κ2) is 6.60. The van der Waals surface area contributed by atoms with Crippen LogP contribution in [-0.4, -0.2) is 52.9 Å². The number of carbonyl (C=O) groups is 1. The van der Waals surface area contributed by atoms with Crippen molar-refractivity contribution < 1.29 is 4.79 Å². The van der Waals surface area contributed by atoms with Crippen molar-refractivity contribution in [3.8, 4) is 0 Å². The van der Waals surface area contributed by atoms with Crippen molar-refractivity contribution in [2.24, 2.45) is 11.8 Å². The lowest BCUT2D eigenvalue weighted by Gasteiger charge is -2.44. The van der Waals surface area contributed by atoms with Gasteiger partial charge < -0.3 is 4.90 Å². The molecule has 1 amide bonds. The summed E-state index contributed by atoms with van der Waals surface area (Å²) in [5.41, 5.74) is 1.16. The van der Waals surface area contributed by atoms with Crippen LogP contribution in [0, 0.1) is 11.8 Å². The van der Waals surface area contributed by atoms with E-state index in [0.29, 0.717) is 18.4 Å². The van der Waals surface area contributed by atoms with E-state index in [1.54, 1.807) is 6.20 Å². The van der Waals surface area contributed by atoms with Gasteiger partial charge in [-0.05, 0) is 36.8 Å². The molecule has 0 radical (unpaired) electrons. The molecule has 2 aliphatic heterocycles. The Balaban J connectivity index is 1.24. The zero-order chi connectivity index (χ0) is 15.6. The van der Waals surface area contributed by atoms with Crippen molar-refractivity contribution in [1.29, 1.82) is 0 Å². The smallest absolute Gasteiger partial charge is 0.222 e. The summed E-state index contributed by atoms with van der Waals surface area (Å²) >= 11 is 0. The minimum Gasteiger partial charge on any atom is -0.341 e. The van der Waals surface area contributed by atoms with Gasteiger partial charge in [0.2, 0.25) is 5.91 Å². The molecule has 1 aromatic rings. The van der Waals surface area contributed by atoms with Crippen LogP contribution in [0.3, 0.4) is 0 Å². The van der Waals surface area contributed by atoms with Crippen LogP contribution < -0.4 is 0 Å². The van der Waals surface area contributed by atoms with Crippen LogP contribution in [0.15, 0.2) is 24.5 Å². The van der Waals surface area contributed by atoms with Gasteiger partial charge in [-0.1, -0.05) is 18.9 Å². The van der Waals surface area contributed by atoms with Crippen molar-refractivity contribution in [3.05, 3.63) is 30.1 Å². The molecule has 3 heterocycles. The fraction of sp³-hybridized carbons (Fsp3) is 0.684. The third kappa shape index (κ3) is 3.27. The number of aryl methyl sites for hydroxylation is 1. The number of fused-ring (bicyclic) bond motifs is 1. The molecule has 1 aliphatic carbocycles. The summed E-state index contributed by atoms with van der Waals surface area (Å²) in [6.07, 6.45) is 10.8. The van der Waals surface area contributed by atoms with E-state index < -0.39 is 0 Å². The molecule has 1 aromatic heterocycles. The predicted octanol–water partition coefficient (Wildman–Crippen LogP) is 2.35. The van der Waals surface area contributed by atoms with Crippen LogP contribution in [0.25, 0.3) is 0 Å². The summed E-state index contributed by atoms with van der Waals surface area (Å²) < 4.78 is 0. The number of aromatic nitrogens is 1. The number of hydrogen-bond acceptors (Lipinski definition) is 3. The molecule has 4 heteroatoms. The highest BCUT2D eigenvalue weighted by Crippen LogP contribution is 2.35. The van der Waals surface area contributed by atoms with Gasteiger partial charge in [0, 0.05) is 57.0 Å². The minimum atomic E-state index is 0.323. The molecular formula is C19H27N3O. The second-order valence-corrected chi connectivity index (χ2v) is 7.59. The Morgan fingerprint density at radius 3 is 2.87 bits per heavy atom. The van der Waals surface area contributed by atoms with E-state index in [-0.39, 0.29) is 0 Å². The van der Waals surface area contributed by atoms with Gasteiger partial charge in [0.05, 0.1) is 0 Å². The maximum atomic E-state index is 12.5. The topological polar surface area (TPSA) is 36.4 Å². The van der Waals surface area contributed by atoms with Crippen LogP contribution >= 0.6 is 0 Å². The number of rotatable bonds is 5. The Bertz CT molecular complexity index is 541. The predicted molar refractivity (Wildman–Crippen MR) is 89.9 cm³/mol. The Labute approximate surface area is 138 Å². The normalized spacial score (nSPS) is 27.9. The summed E-state index contributed by atoms with van der Waals surface area (Å²) in [5.74, 6) is 1.98. The molecule has 124 valence electrons. The van der Waals surface area contributed by atoms with E-state index in [1.807, 2.05) is 12.3 Å². The fourth-order valence-corrected chi connectivity index (χ4v) is 4.64. The van der Waals surface area contributed by atoms with Gasteiger partial charge in [0.1, 0.15) is 0 Å². The minimum absolute atomic E-state index is 0.323. The summed E-state index contributed by atoms with van der Waals surface area (Å²) in [5, 5.41) is 0. The zero-order valence-electron chi connectivity index (χ0n) is 13.9. The molecule has 3 fully saturated rings. The highest BCUT2D eigenvalue weighted by atomic mass is 16.2. The average molecular weight is 313 g/mol. The zero-order valence-corrected chi connectivity index (χ0v) is 13.9. The summed E-state index contributed by atoms with van der Waals surface area (Å²) in [7, 11) is 0. The Hall–Kier alpha value is -1.42. The molecule has 0 aromatic carbocycles. The largest absolute Gasteiger partial charge is 0.341 e. The molecule has 2 saturated heterocycles. The first-order valence-electron chi connectivity index (χ1n) is 9.20. The van der Waals surface area contributed by atoms with Crippen molar-refractivity contribution >= 4 is 5.91 Å². The van der Waals surface area contributed by atoms with Gasteiger partial charge in [-0.15, -0.1) is 0 Å². The molecular weight excluding hydrogens is 286 g/mol.